The Morgan fingerprint density at radius 2 is 1.83 bits per heavy atom. The number of methoxy groups -OCH3 is 1. The van der Waals surface area contributed by atoms with Gasteiger partial charge in [-0.1, -0.05) is 6.07 Å². The predicted octanol–water partition coefficient (Wildman–Crippen LogP) is 2.46. The van der Waals surface area contributed by atoms with Gasteiger partial charge in [0.2, 0.25) is 0 Å². The lowest BCUT2D eigenvalue weighted by Gasteiger charge is -2.31. The lowest BCUT2D eigenvalue weighted by molar-refractivity contribution is -0.158. The van der Waals surface area contributed by atoms with Crippen molar-refractivity contribution in [2.45, 2.75) is 51.7 Å². The molecule has 2 aliphatic rings. The van der Waals surface area contributed by atoms with Gasteiger partial charge >= 0.3 is 12.0 Å². The third-order valence-electron chi connectivity index (χ3n) is 5.30. The monoisotopic (exact) mass is 403 g/mol. The molecule has 1 aliphatic carbocycles. The summed E-state index contributed by atoms with van der Waals surface area (Å²) in [5, 5.41) is 5.71. The molecule has 1 aromatic carbocycles. The highest BCUT2D eigenvalue weighted by Crippen LogP contribution is 2.26. The minimum Gasteiger partial charge on any atom is -0.495 e. The quantitative estimate of drug-likeness (QED) is 0.711. The van der Waals surface area contributed by atoms with E-state index in [1.807, 2.05) is 13.0 Å². The molecule has 2 N–H and O–H groups in total. The minimum absolute atomic E-state index is 0.0563. The molecule has 3 rings (SSSR count). The minimum atomic E-state index is -0.927. The largest absolute Gasteiger partial charge is 0.495 e. The van der Waals surface area contributed by atoms with E-state index >= 15 is 0 Å². The van der Waals surface area contributed by atoms with Crippen LogP contribution in [0.5, 0.6) is 5.75 Å². The molecule has 0 spiro atoms. The number of hydrogen-bond acceptors (Lipinski definition) is 5. The number of aryl methyl sites for hydroxylation is 1. The maximum Gasteiger partial charge on any atom is 0.317 e. The van der Waals surface area contributed by atoms with Crippen molar-refractivity contribution in [2.24, 2.45) is 5.92 Å². The van der Waals surface area contributed by atoms with Gasteiger partial charge in [0.1, 0.15) is 5.75 Å². The number of likely N-dealkylation sites (tertiary alicyclic amines) is 1. The number of carbonyl (C=O) groups is 3. The number of ether oxygens (including phenoxy) is 2. The second-order valence-corrected chi connectivity index (χ2v) is 7.76. The Morgan fingerprint density at radius 3 is 2.45 bits per heavy atom. The van der Waals surface area contributed by atoms with Crippen LogP contribution < -0.4 is 15.4 Å². The summed E-state index contributed by atoms with van der Waals surface area (Å²) in [6.45, 7) is 4.49. The fourth-order valence-corrected chi connectivity index (χ4v) is 3.29. The zero-order chi connectivity index (χ0) is 21.0. The van der Waals surface area contributed by atoms with Gasteiger partial charge in [-0.15, -0.1) is 0 Å². The first-order valence-corrected chi connectivity index (χ1v) is 10.1. The molecule has 0 bridgehead atoms. The molecule has 0 aromatic heterocycles. The average Bonchev–Trinajstić information content (AvgIpc) is 3.52. The summed E-state index contributed by atoms with van der Waals surface area (Å²) in [4.78, 5) is 38.7. The number of rotatable bonds is 6. The predicted molar refractivity (Wildman–Crippen MR) is 108 cm³/mol. The van der Waals surface area contributed by atoms with Crippen LogP contribution in [0.25, 0.3) is 0 Å². The summed E-state index contributed by atoms with van der Waals surface area (Å²) >= 11 is 0. The van der Waals surface area contributed by atoms with E-state index in [2.05, 4.69) is 10.6 Å². The van der Waals surface area contributed by atoms with Crippen LogP contribution in [0.1, 0.15) is 38.2 Å². The van der Waals surface area contributed by atoms with Crippen LogP contribution >= 0.6 is 0 Å². The zero-order valence-electron chi connectivity index (χ0n) is 17.2. The molecule has 3 amide bonds. The first-order chi connectivity index (χ1) is 13.9. The maximum atomic E-state index is 12.5. The molecular weight excluding hydrogens is 374 g/mol. The van der Waals surface area contributed by atoms with E-state index in [9.17, 15) is 14.4 Å². The molecule has 29 heavy (non-hydrogen) atoms. The molecule has 1 aromatic rings. The van der Waals surface area contributed by atoms with E-state index < -0.39 is 18.0 Å². The van der Waals surface area contributed by atoms with Gasteiger partial charge in [-0.05, 0) is 57.2 Å². The lowest BCUT2D eigenvalue weighted by atomic mass is 9.97. The molecule has 0 radical (unpaired) electrons. The summed E-state index contributed by atoms with van der Waals surface area (Å²) in [6.07, 6.45) is 2.24. The second kappa shape index (κ2) is 9.15. The number of anilines is 1. The van der Waals surface area contributed by atoms with Gasteiger partial charge in [0.15, 0.2) is 6.10 Å². The molecule has 1 heterocycles. The van der Waals surface area contributed by atoms with Gasteiger partial charge in [0, 0.05) is 19.1 Å². The number of piperidine rings is 1. The van der Waals surface area contributed by atoms with Crippen molar-refractivity contribution in [1.29, 1.82) is 0 Å². The Morgan fingerprint density at radius 1 is 1.14 bits per heavy atom. The average molecular weight is 403 g/mol. The molecular formula is C21H29N3O5. The molecule has 1 saturated carbocycles. The Balaban J connectivity index is 1.47. The summed E-state index contributed by atoms with van der Waals surface area (Å²) in [5.74, 6) is -0.572. The highest BCUT2D eigenvalue weighted by atomic mass is 16.5. The van der Waals surface area contributed by atoms with Crippen molar-refractivity contribution in [2.75, 3.05) is 25.5 Å². The van der Waals surface area contributed by atoms with Crippen LogP contribution in [0, 0.1) is 12.8 Å². The molecule has 8 heteroatoms. The van der Waals surface area contributed by atoms with Crippen LogP contribution in [-0.4, -0.2) is 55.2 Å². The third kappa shape index (κ3) is 5.62. The van der Waals surface area contributed by atoms with Crippen molar-refractivity contribution in [3.05, 3.63) is 23.8 Å². The standard InChI is InChI=1S/C21H29N3O5/c1-13-4-7-18(28-3)17(12-13)23-19(25)14(2)29-20(26)15-8-10-24(11-9-15)21(27)22-16-5-6-16/h4,7,12,14-16H,5-6,8-11H2,1-3H3,(H,22,27)(H,23,25). The fourth-order valence-electron chi connectivity index (χ4n) is 3.29. The van der Waals surface area contributed by atoms with Gasteiger partial charge < -0.3 is 25.0 Å². The normalized spacial score (nSPS) is 18.0. The number of amides is 3. The number of esters is 1. The van der Waals surface area contributed by atoms with E-state index in [-0.39, 0.29) is 11.9 Å². The zero-order valence-corrected chi connectivity index (χ0v) is 17.2. The summed E-state index contributed by atoms with van der Waals surface area (Å²) in [7, 11) is 1.53. The highest BCUT2D eigenvalue weighted by molar-refractivity contribution is 5.96. The number of nitrogens with one attached hydrogen (secondary N) is 2. The van der Waals surface area contributed by atoms with Crippen LogP contribution in [0.15, 0.2) is 18.2 Å². The van der Waals surface area contributed by atoms with Gasteiger partial charge in [-0.3, -0.25) is 9.59 Å². The number of benzene rings is 1. The van der Waals surface area contributed by atoms with Crippen molar-refractivity contribution < 1.29 is 23.9 Å². The maximum absolute atomic E-state index is 12.5. The number of nitrogens with zero attached hydrogens (tertiary/aromatic N) is 1. The van der Waals surface area contributed by atoms with Crippen LogP contribution in [0.3, 0.4) is 0 Å². The molecule has 158 valence electrons. The Bertz CT molecular complexity index is 770. The molecule has 1 saturated heterocycles. The molecule has 2 fully saturated rings. The number of carbonyl (C=O) groups excluding carboxylic acids is 3. The van der Waals surface area contributed by atoms with Crippen molar-refractivity contribution >= 4 is 23.6 Å². The topological polar surface area (TPSA) is 97.0 Å². The van der Waals surface area contributed by atoms with E-state index in [4.69, 9.17) is 9.47 Å². The number of hydrogen-bond donors (Lipinski definition) is 2. The molecule has 1 atom stereocenters. The third-order valence-corrected chi connectivity index (χ3v) is 5.30. The van der Waals surface area contributed by atoms with Gasteiger partial charge in [0.25, 0.3) is 5.91 Å². The van der Waals surface area contributed by atoms with Crippen molar-refractivity contribution in [3.8, 4) is 5.75 Å². The van der Waals surface area contributed by atoms with Crippen LogP contribution in [-0.2, 0) is 14.3 Å². The van der Waals surface area contributed by atoms with E-state index in [1.165, 1.54) is 7.11 Å². The summed E-state index contributed by atoms with van der Waals surface area (Å²) < 4.78 is 10.6. The van der Waals surface area contributed by atoms with E-state index in [0.717, 1.165) is 18.4 Å². The van der Waals surface area contributed by atoms with Gasteiger partial charge in [-0.2, -0.15) is 0 Å². The summed E-state index contributed by atoms with van der Waals surface area (Å²) in [5.41, 5.74) is 1.51. The smallest absolute Gasteiger partial charge is 0.317 e. The van der Waals surface area contributed by atoms with Crippen LogP contribution in [0.2, 0.25) is 0 Å². The van der Waals surface area contributed by atoms with E-state index in [1.54, 1.807) is 24.0 Å². The lowest BCUT2D eigenvalue weighted by Crippen LogP contribution is -2.46. The molecule has 1 aliphatic heterocycles. The Hall–Kier alpha value is -2.77. The highest BCUT2D eigenvalue weighted by Gasteiger charge is 2.32. The van der Waals surface area contributed by atoms with Gasteiger partial charge in [0.05, 0.1) is 18.7 Å². The van der Waals surface area contributed by atoms with E-state index in [0.29, 0.717) is 43.4 Å². The second-order valence-electron chi connectivity index (χ2n) is 7.76. The molecule has 8 nitrogen and oxygen atoms in total. The number of urea groups is 1. The first-order valence-electron chi connectivity index (χ1n) is 10.1. The first kappa shape index (κ1) is 21.0. The molecule has 1 unspecified atom stereocenters. The Labute approximate surface area is 170 Å². The van der Waals surface area contributed by atoms with Crippen molar-refractivity contribution in [1.82, 2.24) is 10.2 Å². The van der Waals surface area contributed by atoms with Gasteiger partial charge in [-0.25, -0.2) is 4.79 Å². The SMILES string of the molecule is COc1ccc(C)cc1NC(=O)C(C)OC(=O)C1CCN(C(=O)NC2CC2)CC1. The fraction of sp³-hybridized carbons (Fsp3) is 0.571. The Kier molecular flexibility index (Phi) is 6.61. The van der Waals surface area contributed by atoms with Crippen LogP contribution in [0.4, 0.5) is 10.5 Å². The van der Waals surface area contributed by atoms with Crippen molar-refractivity contribution in [3.63, 3.8) is 0 Å². The summed E-state index contributed by atoms with van der Waals surface area (Å²) in [6, 6.07) is 5.72.